The summed E-state index contributed by atoms with van der Waals surface area (Å²) in [6.45, 7) is 5.22. The molecule has 1 unspecified atom stereocenters. The molecule has 1 fully saturated rings. The average Bonchev–Trinajstić information content (AvgIpc) is 2.69. The Balaban J connectivity index is 2.35. The van der Waals surface area contributed by atoms with E-state index in [0.717, 1.165) is 25.5 Å². The maximum Gasteiger partial charge on any atom is 0.168 e. The SMILES string of the molecule is CCNc1nc(N2CCCC2C)c(F)cc1F. The second-order valence-electron chi connectivity index (χ2n) is 4.34. The minimum Gasteiger partial charge on any atom is -0.368 e. The largest absolute Gasteiger partial charge is 0.368 e. The van der Waals surface area contributed by atoms with Gasteiger partial charge < -0.3 is 10.2 Å². The van der Waals surface area contributed by atoms with Crippen molar-refractivity contribution in [1.29, 1.82) is 0 Å². The van der Waals surface area contributed by atoms with Crippen molar-refractivity contribution >= 4 is 11.6 Å². The molecule has 1 aromatic rings. The Bertz CT molecular complexity index is 409. The zero-order valence-electron chi connectivity index (χ0n) is 10.1. The van der Waals surface area contributed by atoms with Gasteiger partial charge in [-0.25, -0.2) is 13.8 Å². The predicted octanol–water partition coefficient (Wildman–Crippen LogP) is 2.78. The highest BCUT2D eigenvalue weighted by atomic mass is 19.1. The van der Waals surface area contributed by atoms with E-state index in [0.29, 0.717) is 6.54 Å². The molecule has 1 atom stereocenters. The molecule has 1 aliphatic rings. The summed E-state index contributed by atoms with van der Waals surface area (Å²) < 4.78 is 27.1. The lowest BCUT2D eigenvalue weighted by molar-refractivity contribution is 0.567. The lowest BCUT2D eigenvalue weighted by atomic mass is 10.2. The summed E-state index contributed by atoms with van der Waals surface area (Å²) in [6, 6.07) is 1.17. The van der Waals surface area contributed by atoms with Gasteiger partial charge in [-0.3, -0.25) is 0 Å². The molecule has 0 aromatic carbocycles. The Morgan fingerprint density at radius 3 is 2.82 bits per heavy atom. The Labute approximate surface area is 99.8 Å². The molecule has 1 aliphatic heterocycles. The first-order valence-corrected chi connectivity index (χ1v) is 6.00. The fourth-order valence-electron chi connectivity index (χ4n) is 2.20. The molecule has 17 heavy (non-hydrogen) atoms. The summed E-state index contributed by atoms with van der Waals surface area (Å²) in [6.07, 6.45) is 2.05. The van der Waals surface area contributed by atoms with Crippen LogP contribution in [-0.2, 0) is 0 Å². The number of anilines is 2. The first-order valence-electron chi connectivity index (χ1n) is 6.00. The first kappa shape index (κ1) is 12.1. The van der Waals surface area contributed by atoms with Crippen LogP contribution in [-0.4, -0.2) is 24.1 Å². The van der Waals surface area contributed by atoms with E-state index in [4.69, 9.17) is 0 Å². The van der Waals surface area contributed by atoms with Gasteiger partial charge in [-0.1, -0.05) is 0 Å². The molecule has 2 rings (SSSR count). The minimum atomic E-state index is -0.639. The Morgan fingerprint density at radius 2 is 2.24 bits per heavy atom. The highest BCUT2D eigenvalue weighted by molar-refractivity contribution is 5.50. The van der Waals surface area contributed by atoms with Gasteiger partial charge in [-0.15, -0.1) is 0 Å². The molecule has 5 heteroatoms. The lowest BCUT2D eigenvalue weighted by Crippen LogP contribution is -2.28. The van der Waals surface area contributed by atoms with Crippen molar-refractivity contribution in [2.24, 2.45) is 0 Å². The number of aromatic nitrogens is 1. The molecule has 0 aliphatic carbocycles. The van der Waals surface area contributed by atoms with Gasteiger partial charge in [0.25, 0.3) is 0 Å². The van der Waals surface area contributed by atoms with Gasteiger partial charge in [0.15, 0.2) is 23.3 Å². The van der Waals surface area contributed by atoms with E-state index >= 15 is 0 Å². The van der Waals surface area contributed by atoms with E-state index in [2.05, 4.69) is 10.3 Å². The van der Waals surface area contributed by atoms with Gasteiger partial charge >= 0.3 is 0 Å². The number of pyridine rings is 1. The van der Waals surface area contributed by atoms with Crippen LogP contribution < -0.4 is 10.2 Å². The van der Waals surface area contributed by atoms with E-state index in [1.807, 2.05) is 18.7 Å². The highest BCUT2D eigenvalue weighted by Crippen LogP contribution is 2.28. The number of nitrogens with one attached hydrogen (secondary N) is 1. The van der Waals surface area contributed by atoms with Crippen molar-refractivity contribution in [2.75, 3.05) is 23.3 Å². The molecule has 0 amide bonds. The monoisotopic (exact) mass is 241 g/mol. The molecule has 1 aromatic heterocycles. The van der Waals surface area contributed by atoms with E-state index in [1.54, 1.807) is 0 Å². The van der Waals surface area contributed by atoms with E-state index in [-0.39, 0.29) is 17.7 Å². The predicted molar refractivity (Wildman–Crippen MR) is 64.4 cm³/mol. The third-order valence-electron chi connectivity index (χ3n) is 3.08. The Kier molecular flexibility index (Phi) is 3.45. The molecule has 1 saturated heterocycles. The quantitative estimate of drug-likeness (QED) is 0.882. The summed E-state index contributed by atoms with van der Waals surface area (Å²) in [4.78, 5) is 5.96. The van der Waals surface area contributed by atoms with Gasteiger partial charge in [0, 0.05) is 25.2 Å². The summed E-state index contributed by atoms with van der Waals surface area (Å²) in [5.74, 6) is -0.840. The number of nitrogens with zero attached hydrogens (tertiary/aromatic N) is 2. The summed E-state index contributed by atoms with van der Waals surface area (Å²) >= 11 is 0. The van der Waals surface area contributed by atoms with E-state index in [9.17, 15) is 8.78 Å². The third kappa shape index (κ3) is 2.33. The van der Waals surface area contributed by atoms with Crippen molar-refractivity contribution in [1.82, 2.24) is 4.98 Å². The lowest BCUT2D eigenvalue weighted by Gasteiger charge is -2.23. The zero-order chi connectivity index (χ0) is 12.4. The van der Waals surface area contributed by atoms with Crippen molar-refractivity contribution in [3.05, 3.63) is 17.7 Å². The standard InChI is InChI=1S/C12H17F2N3/c1-3-15-11-9(13)7-10(14)12(16-11)17-6-4-5-8(17)2/h7-8H,3-6H2,1-2H3,(H,15,16). The third-order valence-corrected chi connectivity index (χ3v) is 3.08. The Hall–Kier alpha value is -1.39. The number of rotatable bonds is 3. The second-order valence-corrected chi connectivity index (χ2v) is 4.34. The van der Waals surface area contributed by atoms with Gasteiger partial charge in [-0.05, 0) is 26.7 Å². The van der Waals surface area contributed by atoms with Gasteiger partial charge in [-0.2, -0.15) is 0 Å². The maximum atomic E-state index is 13.7. The Morgan fingerprint density at radius 1 is 1.47 bits per heavy atom. The fraction of sp³-hybridized carbons (Fsp3) is 0.583. The summed E-state index contributed by atoms with van der Waals surface area (Å²) in [7, 11) is 0. The van der Waals surface area contributed by atoms with Crippen molar-refractivity contribution in [2.45, 2.75) is 32.7 Å². The topological polar surface area (TPSA) is 28.2 Å². The molecule has 0 spiro atoms. The van der Waals surface area contributed by atoms with Crippen LogP contribution in [0.3, 0.4) is 0 Å². The van der Waals surface area contributed by atoms with Crippen LogP contribution in [0, 0.1) is 11.6 Å². The summed E-state index contributed by atoms with van der Waals surface area (Å²) in [5.41, 5.74) is 0. The molecule has 2 heterocycles. The smallest absolute Gasteiger partial charge is 0.168 e. The second kappa shape index (κ2) is 4.85. The van der Waals surface area contributed by atoms with Gasteiger partial charge in [0.05, 0.1) is 0 Å². The van der Waals surface area contributed by atoms with Crippen LogP contribution in [0.1, 0.15) is 26.7 Å². The molecule has 3 nitrogen and oxygen atoms in total. The van der Waals surface area contributed by atoms with Crippen LogP contribution in [0.25, 0.3) is 0 Å². The van der Waals surface area contributed by atoms with Crippen LogP contribution in [0.4, 0.5) is 20.4 Å². The normalized spacial score (nSPS) is 19.8. The van der Waals surface area contributed by atoms with Gasteiger partial charge in [0.1, 0.15) is 0 Å². The van der Waals surface area contributed by atoms with Crippen LogP contribution in [0.15, 0.2) is 6.07 Å². The maximum absolute atomic E-state index is 13.7. The number of halogens is 2. The average molecular weight is 241 g/mol. The van der Waals surface area contributed by atoms with Crippen LogP contribution in [0.5, 0.6) is 0 Å². The minimum absolute atomic E-state index is 0.128. The first-order chi connectivity index (χ1) is 8.13. The number of hydrogen-bond donors (Lipinski definition) is 1. The van der Waals surface area contributed by atoms with Crippen molar-refractivity contribution in [3.8, 4) is 0 Å². The molecular weight excluding hydrogens is 224 g/mol. The molecule has 0 saturated carbocycles. The van der Waals surface area contributed by atoms with E-state index < -0.39 is 11.6 Å². The zero-order valence-corrected chi connectivity index (χ0v) is 10.1. The van der Waals surface area contributed by atoms with Crippen LogP contribution in [0.2, 0.25) is 0 Å². The molecular formula is C12H17F2N3. The highest BCUT2D eigenvalue weighted by Gasteiger charge is 2.25. The molecule has 0 bridgehead atoms. The fourth-order valence-corrected chi connectivity index (χ4v) is 2.20. The van der Waals surface area contributed by atoms with Crippen LogP contribution >= 0.6 is 0 Å². The molecule has 0 radical (unpaired) electrons. The van der Waals surface area contributed by atoms with Crippen molar-refractivity contribution < 1.29 is 8.78 Å². The number of hydrogen-bond acceptors (Lipinski definition) is 3. The molecule has 94 valence electrons. The van der Waals surface area contributed by atoms with Crippen molar-refractivity contribution in [3.63, 3.8) is 0 Å². The molecule has 1 N–H and O–H groups in total. The van der Waals surface area contributed by atoms with E-state index in [1.165, 1.54) is 0 Å². The summed E-state index contributed by atoms with van der Waals surface area (Å²) in [5, 5.41) is 2.80. The van der Waals surface area contributed by atoms with Gasteiger partial charge in [0.2, 0.25) is 0 Å².